The van der Waals surface area contributed by atoms with Gasteiger partial charge in [-0.2, -0.15) is 0 Å². The maximum absolute atomic E-state index is 11.4. The number of carbonyl (C=O) groups excluding carboxylic acids is 1. The van der Waals surface area contributed by atoms with Crippen LogP contribution < -0.4 is 15.8 Å². The summed E-state index contributed by atoms with van der Waals surface area (Å²) in [6, 6.07) is 7.02. The molecule has 0 unspecified atom stereocenters. The predicted molar refractivity (Wildman–Crippen MR) is 75.5 cm³/mol. The average molecular weight is 293 g/mol. The van der Waals surface area contributed by atoms with Crippen LogP contribution in [0.4, 0.5) is 0 Å². The van der Waals surface area contributed by atoms with Crippen molar-refractivity contribution < 1.29 is 9.53 Å². The summed E-state index contributed by atoms with van der Waals surface area (Å²) < 4.78 is 5.40. The van der Waals surface area contributed by atoms with Crippen molar-refractivity contribution in [2.24, 2.45) is 5.73 Å². The van der Waals surface area contributed by atoms with Gasteiger partial charge in [-0.25, -0.2) is 0 Å². The number of hydrogen-bond acceptors (Lipinski definition) is 3. The first-order valence-electron chi connectivity index (χ1n) is 5.49. The molecule has 1 atom stereocenters. The minimum Gasteiger partial charge on any atom is -0.493 e. The minimum atomic E-state index is -0.0584. The van der Waals surface area contributed by atoms with Crippen molar-refractivity contribution in [2.45, 2.75) is 19.4 Å². The first-order valence-corrected chi connectivity index (χ1v) is 5.87. The Morgan fingerprint density at radius 3 is 2.61 bits per heavy atom. The van der Waals surface area contributed by atoms with E-state index in [0.29, 0.717) is 30.3 Å². The zero-order valence-electron chi connectivity index (χ0n) is 10.2. The lowest BCUT2D eigenvalue weighted by Crippen LogP contribution is -2.38. The molecule has 0 fully saturated rings. The van der Waals surface area contributed by atoms with Gasteiger partial charge in [0.2, 0.25) is 5.91 Å². The van der Waals surface area contributed by atoms with Crippen LogP contribution >= 0.6 is 24.0 Å². The average Bonchev–Trinajstić information content (AvgIpc) is 2.31. The first-order chi connectivity index (χ1) is 8.11. The topological polar surface area (TPSA) is 64.3 Å². The highest BCUT2D eigenvalue weighted by Crippen LogP contribution is 2.15. The second-order valence-corrected chi connectivity index (χ2v) is 4.19. The van der Waals surface area contributed by atoms with Gasteiger partial charge in [-0.1, -0.05) is 11.6 Å². The Hall–Kier alpha value is -0.970. The van der Waals surface area contributed by atoms with Crippen LogP contribution in [0, 0.1) is 0 Å². The van der Waals surface area contributed by atoms with E-state index in [1.807, 2.05) is 6.92 Å². The van der Waals surface area contributed by atoms with Crippen LogP contribution in [0.2, 0.25) is 5.02 Å². The van der Waals surface area contributed by atoms with Crippen molar-refractivity contribution >= 4 is 29.9 Å². The fraction of sp³-hybridized carbons (Fsp3) is 0.417. The fourth-order valence-electron chi connectivity index (χ4n) is 1.20. The summed E-state index contributed by atoms with van der Waals surface area (Å²) in [5.41, 5.74) is 5.40. The van der Waals surface area contributed by atoms with Crippen LogP contribution in [0.1, 0.15) is 13.3 Å². The molecule has 102 valence electrons. The zero-order chi connectivity index (χ0) is 12.7. The van der Waals surface area contributed by atoms with E-state index in [2.05, 4.69) is 5.32 Å². The van der Waals surface area contributed by atoms with Gasteiger partial charge >= 0.3 is 0 Å². The van der Waals surface area contributed by atoms with E-state index in [1.165, 1.54) is 0 Å². The third-order valence-electron chi connectivity index (χ3n) is 2.17. The molecule has 3 N–H and O–H groups in total. The number of carbonyl (C=O) groups is 1. The maximum atomic E-state index is 11.4. The van der Waals surface area contributed by atoms with Crippen molar-refractivity contribution in [1.29, 1.82) is 0 Å². The van der Waals surface area contributed by atoms with E-state index in [1.54, 1.807) is 24.3 Å². The molecule has 6 heteroatoms. The van der Waals surface area contributed by atoms with Gasteiger partial charge < -0.3 is 15.8 Å². The lowest BCUT2D eigenvalue weighted by Gasteiger charge is -2.11. The number of ether oxygens (including phenoxy) is 1. The summed E-state index contributed by atoms with van der Waals surface area (Å²) in [5, 5.41) is 3.42. The van der Waals surface area contributed by atoms with Gasteiger partial charge in [0, 0.05) is 17.6 Å². The SMILES string of the molecule is C[C@@H](CN)NC(=O)CCOc1ccc(Cl)cc1.Cl. The normalized spacial score (nSPS) is 11.3. The van der Waals surface area contributed by atoms with E-state index in [-0.39, 0.29) is 24.4 Å². The number of nitrogens with two attached hydrogens (primary N) is 1. The molecule has 0 radical (unpaired) electrons. The smallest absolute Gasteiger partial charge is 0.223 e. The predicted octanol–water partition coefficient (Wildman–Crippen LogP) is 1.99. The third-order valence-corrected chi connectivity index (χ3v) is 2.42. The summed E-state index contributed by atoms with van der Waals surface area (Å²) in [7, 11) is 0. The molecule has 0 bridgehead atoms. The van der Waals surface area contributed by atoms with Gasteiger partial charge in [-0.15, -0.1) is 12.4 Å². The van der Waals surface area contributed by atoms with E-state index >= 15 is 0 Å². The van der Waals surface area contributed by atoms with Crippen LogP contribution in [0.25, 0.3) is 0 Å². The van der Waals surface area contributed by atoms with Crippen molar-refractivity contribution in [1.82, 2.24) is 5.32 Å². The fourth-order valence-corrected chi connectivity index (χ4v) is 1.32. The van der Waals surface area contributed by atoms with Crippen LogP contribution in [0.15, 0.2) is 24.3 Å². The monoisotopic (exact) mass is 292 g/mol. The second kappa shape index (κ2) is 9.03. The molecule has 1 amide bonds. The standard InChI is InChI=1S/C12H17ClN2O2.ClH/c1-9(8-14)15-12(16)6-7-17-11-4-2-10(13)3-5-11;/h2-5,9H,6-8,14H2,1H3,(H,15,16);1H/t9-;/m0./s1. The molecule has 0 saturated heterocycles. The minimum absolute atomic E-state index is 0. The van der Waals surface area contributed by atoms with E-state index < -0.39 is 0 Å². The Morgan fingerprint density at radius 2 is 2.06 bits per heavy atom. The molecular weight excluding hydrogens is 275 g/mol. The Balaban J connectivity index is 0.00000289. The number of hydrogen-bond donors (Lipinski definition) is 2. The molecule has 4 nitrogen and oxygen atoms in total. The molecule has 0 aliphatic carbocycles. The van der Waals surface area contributed by atoms with E-state index in [9.17, 15) is 4.79 Å². The molecule has 0 spiro atoms. The summed E-state index contributed by atoms with van der Waals surface area (Å²) in [6.07, 6.45) is 0.312. The highest BCUT2D eigenvalue weighted by molar-refractivity contribution is 6.30. The van der Waals surface area contributed by atoms with Crippen LogP contribution in [-0.2, 0) is 4.79 Å². The van der Waals surface area contributed by atoms with Crippen LogP contribution in [0.3, 0.4) is 0 Å². The number of benzene rings is 1. The maximum Gasteiger partial charge on any atom is 0.223 e. The second-order valence-electron chi connectivity index (χ2n) is 3.76. The van der Waals surface area contributed by atoms with Crippen LogP contribution in [-0.4, -0.2) is 25.1 Å². The number of nitrogens with one attached hydrogen (secondary N) is 1. The molecule has 0 heterocycles. The van der Waals surface area contributed by atoms with Gasteiger partial charge in [0.25, 0.3) is 0 Å². The highest BCUT2D eigenvalue weighted by atomic mass is 35.5. The molecule has 0 aliphatic heterocycles. The summed E-state index contributed by atoms with van der Waals surface area (Å²) in [4.78, 5) is 11.4. The van der Waals surface area contributed by atoms with Gasteiger partial charge in [0.1, 0.15) is 5.75 Å². The molecule has 0 aromatic heterocycles. The number of halogens is 2. The van der Waals surface area contributed by atoms with Crippen LogP contribution in [0.5, 0.6) is 5.75 Å². The summed E-state index contributed by atoms with van der Waals surface area (Å²) >= 11 is 5.74. The summed E-state index contributed by atoms with van der Waals surface area (Å²) in [5.74, 6) is 0.644. The first kappa shape index (κ1) is 17.0. The lowest BCUT2D eigenvalue weighted by atomic mass is 10.3. The van der Waals surface area contributed by atoms with Crippen molar-refractivity contribution in [3.8, 4) is 5.75 Å². The molecular formula is C12H18Cl2N2O2. The van der Waals surface area contributed by atoms with E-state index in [4.69, 9.17) is 22.1 Å². The molecule has 1 rings (SSSR count). The largest absolute Gasteiger partial charge is 0.493 e. The van der Waals surface area contributed by atoms with Crippen molar-refractivity contribution in [3.63, 3.8) is 0 Å². The molecule has 0 aliphatic rings. The van der Waals surface area contributed by atoms with Crippen molar-refractivity contribution in [3.05, 3.63) is 29.3 Å². The summed E-state index contributed by atoms with van der Waals surface area (Å²) in [6.45, 7) is 2.63. The van der Waals surface area contributed by atoms with Crippen molar-refractivity contribution in [2.75, 3.05) is 13.2 Å². The van der Waals surface area contributed by atoms with Gasteiger partial charge in [0.05, 0.1) is 13.0 Å². The molecule has 0 saturated carbocycles. The Bertz CT molecular complexity index is 358. The lowest BCUT2D eigenvalue weighted by molar-refractivity contribution is -0.122. The Kier molecular flexibility index (Phi) is 8.54. The molecule has 1 aromatic rings. The number of rotatable bonds is 6. The number of amides is 1. The Morgan fingerprint density at radius 1 is 1.44 bits per heavy atom. The molecule has 1 aromatic carbocycles. The van der Waals surface area contributed by atoms with Gasteiger partial charge in [-0.3, -0.25) is 4.79 Å². The third kappa shape index (κ3) is 6.69. The zero-order valence-corrected chi connectivity index (χ0v) is 11.8. The molecule has 18 heavy (non-hydrogen) atoms. The van der Waals surface area contributed by atoms with E-state index in [0.717, 1.165) is 0 Å². The van der Waals surface area contributed by atoms with Gasteiger partial charge in [0.15, 0.2) is 0 Å². The Labute approximate surface area is 118 Å². The van der Waals surface area contributed by atoms with Gasteiger partial charge in [-0.05, 0) is 31.2 Å². The quantitative estimate of drug-likeness (QED) is 0.843. The highest BCUT2D eigenvalue weighted by Gasteiger charge is 2.05.